The molecule has 0 aromatic heterocycles. The molecule has 0 radical (unpaired) electrons. The minimum absolute atomic E-state index is 0.115. The first kappa shape index (κ1) is 32.8. The van der Waals surface area contributed by atoms with E-state index in [1.165, 1.54) is 4.90 Å². The molecule has 40 heavy (non-hydrogen) atoms. The lowest BCUT2D eigenvalue weighted by atomic mass is 9.91. The molecular formula is C24H23F9N2O5. The zero-order chi connectivity index (χ0) is 30.4. The van der Waals surface area contributed by atoms with Crippen molar-refractivity contribution in [3.63, 3.8) is 0 Å². The second-order valence-corrected chi connectivity index (χ2v) is 8.33. The van der Waals surface area contributed by atoms with Gasteiger partial charge in [0, 0.05) is 43.0 Å². The summed E-state index contributed by atoms with van der Waals surface area (Å²) in [5, 5.41) is 16.7. The average Bonchev–Trinajstić information content (AvgIpc) is 2.88. The highest BCUT2D eigenvalue weighted by molar-refractivity contribution is 6.06. The SMILES string of the molecule is O=C(O)C(F)(F)F.O=C(c1ccc(C(O)(C(F)(F)F)C(F)(F)F)cc1)N(CCN1CCOCC1)c1ccccc1. The number of anilines is 1. The lowest BCUT2D eigenvalue weighted by Crippen LogP contribution is -2.53. The van der Waals surface area contributed by atoms with Gasteiger partial charge in [0.05, 0.1) is 13.2 Å². The van der Waals surface area contributed by atoms with Crippen LogP contribution < -0.4 is 4.90 Å². The number of carbonyl (C=O) groups excluding carboxylic acids is 1. The highest BCUT2D eigenvalue weighted by atomic mass is 19.4. The van der Waals surface area contributed by atoms with Gasteiger partial charge in [0.25, 0.3) is 11.5 Å². The van der Waals surface area contributed by atoms with E-state index >= 15 is 0 Å². The lowest BCUT2D eigenvalue weighted by Gasteiger charge is -2.33. The average molecular weight is 590 g/mol. The number of hydrogen-bond acceptors (Lipinski definition) is 5. The van der Waals surface area contributed by atoms with Crippen LogP contribution in [0.25, 0.3) is 0 Å². The monoisotopic (exact) mass is 590 g/mol. The highest BCUT2D eigenvalue weighted by Gasteiger charge is 2.71. The van der Waals surface area contributed by atoms with Crippen LogP contribution in [0.15, 0.2) is 54.6 Å². The number of alkyl halides is 9. The minimum atomic E-state index is -6.00. The van der Waals surface area contributed by atoms with Crippen LogP contribution in [0.1, 0.15) is 15.9 Å². The Labute approximate surface area is 221 Å². The first-order valence-electron chi connectivity index (χ1n) is 11.3. The number of hydrogen-bond donors (Lipinski definition) is 2. The summed E-state index contributed by atoms with van der Waals surface area (Å²) in [5.41, 5.74) is -6.05. The Balaban J connectivity index is 0.000000708. The number of aliphatic carboxylic acids is 1. The van der Waals surface area contributed by atoms with Crippen molar-refractivity contribution in [1.82, 2.24) is 4.90 Å². The molecule has 1 aliphatic heterocycles. The van der Waals surface area contributed by atoms with E-state index in [9.17, 15) is 49.4 Å². The minimum Gasteiger partial charge on any atom is -0.475 e. The maximum absolute atomic E-state index is 13.1. The van der Waals surface area contributed by atoms with Gasteiger partial charge < -0.3 is 19.8 Å². The standard InChI is InChI=1S/C22H22F6N2O3.C2HF3O2/c23-21(24,25)20(32,22(26,27)28)17-8-6-16(7-9-17)19(31)30(18-4-2-1-3-5-18)11-10-29-12-14-33-15-13-29;3-2(4,5)1(6)7/h1-9,32H,10-15H2;(H,6,7). The van der Waals surface area contributed by atoms with Crippen molar-refractivity contribution in [2.45, 2.75) is 24.1 Å². The normalized spacial score (nSPS) is 15.2. The fraction of sp³-hybridized carbons (Fsp3) is 0.417. The summed E-state index contributed by atoms with van der Waals surface area (Å²) in [4.78, 5) is 25.5. The molecule has 2 aromatic carbocycles. The Kier molecular flexibility index (Phi) is 10.6. The number of amides is 1. The molecular weight excluding hydrogens is 567 g/mol. The summed E-state index contributed by atoms with van der Waals surface area (Å²) in [6.07, 6.45) is -17.1. The van der Waals surface area contributed by atoms with Crippen molar-refractivity contribution in [1.29, 1.82) is 0 Å². The molecule has 1 aliphatic rings. The van der Waals surface area contributed by atoms with Crippen molar-refractivity contribution in [3.05, 3.63) is 65.7 Å². The molecule has 1 saturated heterocycles. The molecule has 16 heteroatoms. The van der Waals surface area contributed by atoms with Gasteiger partial charge in [0.2, 0.25) is 0 Å². The van der Waals surface area contributed by atoms with Crippen molar-refractivity contribution >= 4 is 17.6 Å². The van der Waals surface area contributed by atoms with E-state index in [1.54, 1.807) is 30.3 Å². The van der Waals surface area contributed by atoms with Crippen molar-refractivity contribution in [3.8, 4) is 0 Å². The Morgan fingerprint density at radius 1 is 0.825 bits per heavy atom. The predicted molar refractivity (Wildman–Crippen MR) is 122 cm³/mol. The zero-order valence-electron chi connectivity index (χ0n) is 20.4. The van der Waals surface area contributed by atoms with E-state index in [4.69, 9.17) is 14.6 Å². The maximum Gasteiger partial charge on any atom is 0.490 e. The van der Waals surface area contributed by atoms with Crippen LogP contribution in [-0.4, -0.2) is 84.9 Å². The molecule has 1 heterocycles. The first-order valence-corrected chi connectivity index (χ1v) is 11.3. The van der Waals surface area contributed by atoms with Crippen LogP contribution in [0.3, 0.4) is 0 Å². The fourth-order valence-corrected chi connectivity index (χ4v) is 3.52. The van der Waals surface area contributed by atoms with Gasteiger partial charge in [-0.2, -0.15) is 39.5 Å². The van der Waals surface area contributed by atoms with Crippen LogP contribution in [0.4, 0.5) is 45.2 Å². The summed E-state index contributed by atoms with van der Waals surface area (Å²) in [7, 11) is 0. The summed E-state index contributed by atoms with van der Waals surface area (Å²) in [6.45, 7) is 3.23. The fourth-order valence-electron chi connectivity index (χ4n) is 3.52. The summed E-state index contributed by atoms with van der Waals surface area (Å²) >= 11 is 0. The Bertz CT molecular complexity index is 1100. The number of morpholine rings is 1. The highest BCUT2D eigenvalue weighted by Crippen LogP contribution is 2.50. The Hall–Kier alpha value is -3.37. The number of carboxylic acids is 1. The van der Waals surface area contributed by atoms with Gasteiger partial charge in [-0.15, -0.1) is 0 Å². The number of aliphatic hydroxyl groups is 1. The van der Waals surface area contributed by atoms with Gasteiger partial charge in [-0.3, -0.25) is 9.69 Å². The molecule has 0 atom stereocenters. The largest absolute Gasteiger partial charge is 0.490 e. The van der Waals surface area contributed by atoms with Gasteiger partial charge in [-0.1, -0.05) is 30.3 Å². The van der Waals surface area contributed by atoms with Crippen LogP contribution in [0.2, 0.25) is 0 Å². The first-order chi connectivity index (χ1) is 18.4. The number of nitrogens with zero attached hydrogens (tertiary/aromatic N) is 2. The number of carboxylic acid groups (broad SMARTS) is 1. The summed E-state index contributed by atoms with van der Waals surface area (Å²) < 4.78 is 116. The van der Waals surface area contributed by atoms with Crippen LogP contribution >= 0.6 is 0 Å². The van der Waals surface area contributed by atoms with E-state index in [1.807, 2.05) is 0 Å². The van der Waals surface area contributed by atoms with Gasteiger partial charge in [0.15, 0.2) is 0 Å². The smallest absolute Gasteiger partial charge is 0.475 e. The second kappa shape index (κ2) is 12.9. The number of carbonyl (C=O) groups is 2. The molecule has 0 spiro atoms. The number of benzene rings is 2. The predicted octanol–water partition coefficient (Wildman–Crippen LogP) is 4.61. The van der Waals surface area contributed by atoms with Crippen molar-refractivity contribution < 1.29 is 64.1 Å². The van der Waals surface area contributed by atoms with Crippen LogP contribution in [0, 0.1) is 0 Å². The molecule has 1 fully saturated rings. The van der Waals surface area contributed by atoms with E-state index in [0.717, 1.165) is 12.1 Å². The molecule has 222 valence electrons. The van der Waals surface area contributed by atoms with E-state index in [0.29, 0.717) is 50.7 Å². The quantitative estimate of drug-likeness (QED) is 0.478. The Morgan fingerprint density at radius 3 is 1.73 bits per heavy atom. The van der Waals surface area contributed by atoms with Gasteiger partial charge >= 0.3 is 24.5 Å². The zero-order valence-corrected chi connectivity index (χ0v) is 20.4. The van der Waals surface area contributed by atoms with Gasteiger partial charge in [-0.05, 0) is 24.3 Å². The molecule has 0 unspecified atom stereocenters. The topological polar surface area (TPSA) is 90.3 Å². The summed E-state index contributed by atoms with van der Waals surface area (Å²) in [6, 6.07) is 11.2. The third kappa shape index (κ3) is 8.08. The van der Waals surface area contributed by atoms with E-state index in [2.05, 4.69) is 4.90 Å². The van der Waals surface area contributed by atoms with Crippen LogP contribution in [-0.2, 0) is 15.1 Å². The van der Waals surface area contributed by atoms with Gasteiger partial charge in [-0.25, -0.2) is 4.79 Å². The number of para-hydroxylation sites is 1. The molecule has 2 aromatic rings. The van der Waals surface area contributed by atoms with Crippen molar-refractivity contribution in [2.24, 2.45) is 0 Å². The lowest BCUT2D eigenvalue weighted by molar-refractivity contribution is -0.376. The van der Waals surface area contributed by atoms with Crippen LogP contribution in [0.5, 0.6) is 0 Å². The third-order valence-corrected chi connectivity index (χ3v) is 5.67. The molecule has 7 nitrogen and oxygen atoms in total. The second-order valence-electron chi connectivity index (χ2n) is 8.33. The molecule has 1 amide bonds. The maximum atomic E-state index is 13.1. The van der Waals surface area contributed by atoms with Gasteiger partial charge in [0.1, 0.15) is 0 Å². The molecule has 0 aliphatic carbocycles. The molecule has 3 rings (SSSR count). The van der Waals surface area contributed by atoms with E-state index in [-0.39, 0.29) is 12.1 Å². The Morgan fingerprint density at radius 2 is 1.30 bits per heavy atom. The summed E-state index contributed by atoms with van der Waals surface area (Å²) in [5.74, 6) is -3.35. The van der Waals surface area contributed by atoms with Crippen molar-refractivity contribution in [2.75, 3.05) is 44.3 Å². The molecule has 2 N–H and O–H groups in total. The number of halogens is 9. The number of ether oxygens (including phenoxy) is 1. The van der Waals surface area contributed by atoms with E-state index < -0.39 is 41.6 Å². The molecule has 0 bridgehead atoms. The number of rotatable bonds is 6. The molecule has 0 saturated carbocycles. The third-order valence-electron chi connectivity index (χ3n) is 5.67.